The van der Waals surface area contributed by atoms with Gasteiger partial charge in [-0.2, -0.15) is 0 Å². The van der Waals surface area contributed by atoms with Crippen molar-refractivity contribution >= 4 is 11.9 Å². The number of aliphatic hydroxyl groups excluding tert-OH is 1. The van der Waals surface area contributed by atoms with Crippen LogP contribution in [-0.2, 0) is 19.1 Å². The van der Waals surface area contributed by atoms with E-state index in [1.807, 2.05) is 0 Å². The molecule has 3 unspecified atom stereocenters. The molecule has 0 bridgehead atoms. The molecule has 29 heavy (non-hydrogen) atoms. The fourth-order valence-corrected chi connectivity index (χ4v) is 3.89. The lowest BCUT2D eigenvalue weighted by Gasteiger charge is -2.41. The van der Waals surface area contributed by atoms with Crippen LogP contribution in [0.25, 0.3) is 0 Å². The standard InChI is InChI=1S/C20H31NO8/c1-6-12(2)17(23)29-15-8-10-21(27)9-7-14(16(15)21)11-28-18(24)20(26,13(3)22)19(4,5)25/h6-7,13,15-16,22,25-26H,8-11H2,1-5H3/b12-6-/t13?,15-,16+,20?,21?/m0/s1. The highest BCUT2D eigenvalue weighted by Crippen LogP contribution is 2.38. The predicted octanol–water partition coefficient (Wildman–Crippen LogP) is 0.317. The van der Waals surface area contributed by atoms with Gasteiger partial charge in [0, 0.05) is 17.6 Å². The maximum absolute atomic E-state index is 13.0. The number of ether oxygens (including phenoxy) is 2. The summed E-state index contributed by atoms with van der Waals surface area (Å²) in [6, 6.07) is -0.696. The van der Waals surface area contributed by atoms with E-state index in [9.17, 15) is 30.1 Å². The molecule has 0 aromatic heterocycles. The molecule has 1 fully saturated rings. The van der Waals surface area contributed by atoms with E-state index < -0.39 is 46.0 Å². The lowest BCUT2D eigenvalue weighted by molar-refractivity contribution is -0.877. The topological polar surface area (TPSA) is 136 Å². The summed E-state index contributed by atoms with van der Waals surface area (Å²) in [5.74, 6) is -1.70. The maximum atomic E-state index is 13.0. The van der Waals surface area contributed by atoms with Crippen molar-refractivity contribution in [2.24, 2.45) is 0 Å². The summed E-state index contributed by atoms with van der Waals surface area (Å²) in [6.07, 6.45) is 1.43. The molecule has 0 aromatic rings. The van der Waals surface area contributed by atoms with Crippen LogP contribution in [-0.4, -0.2) is 81.1 Å². The van der Waals surface area contributed by atoms with Crippen LogP contribution >= 0.6 is 0 Å². The number of carbonyl (C=O) groups is 2. The Labute approximate surface area is 170 Å². The van der Waals surface area contributed by atoms with Gasteiger partial charge in [0.15, 0.2) is 12.1 Å². The number of esters is 2. The zero-order chi connectivity index (χ0) is 22.2. The Morgan fingerprint density at radius 2 is 2.03 bits per heavy atom. The second kappa shape index (κ2) is 8.16. The number of hydrogen-bond donors (Lipinski definition) is 3. The fraction of sp³-hybridized carbons (Fsp3) is 0.700. The van der Waals surface area contributed by atoms with E-state index in [4.69, 9.17) is 9.47 Å². The average molecular weight is 413 g/mol. The van der Waals surface area contributed by atoms with E-state index in [0.29, 0.717) is 17.6 Å². The Morgan fingerprint density at radius 3 is 2.55 bits per heavy atom. The van der Waals surface area contributed by atoms with Gasteiger partial charge < -0.3 is 34.6 Å². The molecule has 0 aromatic carbocycles. The number of fused-ring (bicyclic) bond motifs is 1. The van der Waals surface area contributed by atoms with Crippen LogP contribution in [0.5, 0.6) is 0 Å². The number of hydroxylamine groups is 3. The average Bonchev–Trinajstić information content (AvgIpc) is 3.12. The zero-order valence-electron chi connectivity index (χ0n) is 17.5. The molecule has 0 amide bonds. The quantitative estimate of drug-likeness (QED) is 0.178. The Balaban J connectivity index is 2.13. The van der Waals surface area contributed by atoms with Gasteiger partial charge >= 0.3 is 11.9 Å². The fourth-order valence-electron chi connectivity index (χ4n) is 3.89. The zero-order valence-corrected chi connectivity index (χ0v) is 17.5. The molecule has 164 valence electrons. The summed E-state index contributed by atoms with van der Waals surface area (Å²) in [7, 11) is 0. The van der Waals surface area contributed by atoms with E-state index >= 15 is 0 Å². The number of nitrogens with zero attached hydrogens (tertiary/aromatic N) is 1. The minimum Gasteiger partial charge on any atom is -0.632 e. The van der Waals surface area contributed by atoms with E-state index in [1.165, 1.54) is 20.8 Å². The van der Waals surface area contributed by atoms with Crippen molar-refractivity contribution in [3.63, 3.8) is 0 Å². The summed E-state index contributed by atoms with van der Waals surface area (Å²) in [6.45, 7) is 7.00. The van der Waals surface area contributed by atoms with Gasteiger partial charge in [-0.15, -0.1) is 0 Å². The molecule has 2 heterocycles. The number of quaternary nitrogens is 1. The van der Waals surface area contributed by atoms with Gasteiger partial charge in [0.1, 0.15) is 12.2 Å². The van der Waals surface area contributed by atoms with Gasteiger partial charge in [0.25, 0.3) is 0 Å². The Bertz CT molecular complexity index is 722. The first-order valence-electron chi connectivity index (χ1n) is 9.68. The van der Waals surface area contributed by atoms with E-state index in [2.05, 4.69) is 0 Å². The molecule has 0 spiro atoms. The van der Waals surface area contributed by atoms with E-state index in [0.717, 1.165) is 0 Å². The van der Waals surface area contributed by atoms with Crippen molar-refractivity contribution in [1.82, 2.24) is 0 Å². The smallest absolute Gasteiger partial charge is 0.344 e. The van der Waals surface area contributed by atoms with Crippen molar-refractivity contribution < 1.29 is 39.0 Å². The van der Waals surface area contributed by atoms with Crippen molar-refractivity contribution in [3.8, 4) is 0 Å². The highest BCUT2D eigenvalue weighted by Gasteiger charge is 2.55. The van der Waals surface area contributed by atoms with Crippen LogP contribution in [0, 0.1) is 5.21 Å². The van der Waals surface area contributed by atoms with Crippen LogP contribution < -0.4 is 0 Å². The van der Waals surface area contributed by atoms with Crippen molar-refractivity contribution in [2.45, 2.75) is 70.5 Å². The number of hydrogen-bond acceptors (Lipinski definition) is 8. The molecule has 0 aliphatic carbocycles. The van der Waals surface area contributed by atoms with Crippen LogP contribution in [0.1, 0.15) is 41.0 Å². The van der Waals surface area contributed by atoms with E-state index in [1.54, 1.807) is 26.0 Å². The van der Waals surface area contributed by atoms with Crippen molar-refractivity contribution in [1.29, 1.82) is 0 Å². The van der Waals surface area contributed by atoms with Crippen LogP contribution in [0.4, 0.5) is 0 Å². The molecule has 9 nitrogen and oxygen atoms in total. The summed E-state index contributed by atoms with van der Waals surface area (Å²) < 4.78 is 10.1. The van der Waals surface area contributed by atoms with Gasteiger partial charge in [-0.1, -0.05) is 6.08 Å². The second-order valence-electron chi connectivity index (χ2n) is 8.36. The Hall–Kier alpha value is -1.78. The second-order valence-corrected chi connectivity index (χ2v) is 8.36. The summed E-state index contributed by atoms with van der Waals surface area (Å²) >= 11 is 0. The summed E-state index contributed by atoms with van der Waals surface area (Å²) in [5.41, 5.74) is -3.58. The first-order valence-corrected chi connectivity index (χ1v) is 9.68. The SMILES string of the molecule is C/C=C(/C)C(=O)O[C@H]1CC[N+]2([O-])CC=C(COC(=O)C(O)(C(C)O)C(C)(C)O)[C@H]12. The predicted molar refractivity (Wildman–Crippen MR) is 103 cm³/mol. The molecular weight excluding hydrogens is 382 g/mol. The first kappa shape index (κ1) is 23.5. The van der Waals surface area contributed by atoms with E-state index in [-0.39, 0.29) is 19.7 Å². The summed E-state index contributed by atoms with van der Waals surface area (Å²) in [4.78, 5) is 24.6. The molecule has 3 N–H and O–H groups in total. The molecule has 2 rings (SSSR count). The van der Waals surface area contributed by atoms with Gasteiger partial charge in [0.05, 0.1) is 19.2 Å². The summed E-state index contributed by atoms with van der Waals surface area (Å²) in [5, 5.41) is 43.5. The van der Waals surface area contributed by atoms with Crippen molar-refractivity contribution in [2.75, 3.05) is 19.7 Å². The Morgan fingerprint density at radius 1 is 1.41 bits per heavy atom. The third-order valence-electron chi connectivity index (χ3n) is 5.93. The van der Waals surface area contributed by atoms with Gasteiger partial charge in [-0.05, 0) is 40.7 Å². The maximum Gasteiger partial charge on any atom is 0.344 e. The molecule has 0 saturated carbocycles. The molecule has 5 atom stereocenters. The Kier molecular flexibility index (Phi) is 6.61. The monoisotopic (exact) mass is 413 g/mol. The molecule has 0 radical (unpaired) electrons. The molecule has 2 aliphatic heterocycles. The van der Waals surface area contributed by atoms with Crippen LogP contribution in [0.3, 0.4) is 0 Å². The van der Waals surface area contributed by atoms with Gasteiger partial charge in [0.2, 0.25) is 5.60 Å². The normalized spacial score (nSPS) is 30.2. The molecule has 1 saturated heterocycles. The minimum atomic E-state index is -2.54. The van der Waals surface area contributed by atoms with Gasteiger partial charge in [-0.3, -0.25) is 0 Å². The number of rotatable bonds is 7. The third-order valence-corrected chi connectivity index (χ3v) is 5.93. The molecule has 2 aliphatic rings. The lowest BCUT2D eigenvalue weighted by Crippen LogP contribution is -2.63. The minimum absolute atomic E-state index is 0.167. The van der Waals surface area contributed by atoms with Crippen LogP contribution in [0.2, 0.25) is 0 Å². The largest absolute Gasteiger partial charge is 0.632 e. The third kappa shape index (κ3) is 4.24. The van der Waals surface area contributed by atoms with Gasteiger partial charge in [-0.25, -0.2) is 9.59 Å². The highest BCUT2D eigenvalue weighted by atomic mass is 16.6. The lowest BCUT2D eigenvalue weighted by atomic mass is 9.81. The number of carbonyl (C=O) groups excluding carboxylic acids is 2. The van der Waals surface area contributed by atoms with Crippen molar-refractivity contribution in [3.05, 3.63) is 28.5 Å². The number of aliphatic hydroxyl groups is 3. The first-order chi connectivity index (χ1) is 13.3. The highest BCUT2D eigenvalue weighted by molar-refractivity contribution is 5.87. The molecule has 9 heteroatoms. The van der Waals surface area contributed by atoms with Crippen LogP contribution in [0.15, 0.2) is 23.3 Å². The number of allylic oxidation sites excluding steroid dienone is 1. The molecular formula is C20H31NO8.